The molecule has 0 unspecified atom stereocenters. The quantitative estimate of drug-likeness (QED) is 0.803. The van der Waals surface area contributed by atoms with Crippen molar-refractivity contribution in [1.29, 1.82) is 0 Å². The van der Waals surface area contributed by atoms with Crippen molar-refractivity contribution < 1.29 is 4.39 Å². The summed E-state index contributed by atoms with van der Waals surface area (Å²) in [5.41, 5.74) is 1.73. The fourth-order valence-corrected chi connectivity index (χ4v) is 2.29. The number of hydrogen-bond donors (Lipinski definition) is 1. The van der Waals surface area contributed by atoms with Crippen LogP contribution in [-0.2, 0) is 0 Å². The van der Waals surface area contributed by atoms with E-state index < -0.39 is 0 Å². The summed E-state index contributed by atoms with van der Waals surface area (Å²) in [6.07, 6.45) is 1.46. The molecule has 0 bridgehead atoms. The maximum absolute atomic E-state index is 14.0. The molecular weight excluding hydrogens is 269 g/mol. The van der Waals surface area contributed by atoms with Gasteiger partial charge in [0.15, 0.2) is 5.65 Å². The van der Waals surface area contributed by atoms with Crippen molar-refractivity contribution in [3.63, 3.8) is 0 Å². The molecule has 0 aliphatic rings. The Labute approximate surface area is 121 Å². The highest BCUT2D eigenvalue weighted by molar-refractivity contribution is 5.90. The van der Waals surface area contributed by atoms with Gasteiger partial charge in [0.25, 0.3) is 0 Å². The second-order valence-corrected chi connectivity index (χ2v) is 5.17. The molecule has 0 fully saturated rings. The van der Waals surface area contributed by atoms with Crippen LogP contribution in [-0.4, -0.2) is 25.8 Å². The third-order valence-electron chi connectivity index (χ3n) is 3.15. The number of anilines is 1. The van der Waals surface area contributed by atoms with Crippen molar-refractivity contribution >= 4 is 16.9 Å². The Hall–Kier alpha value is -2.50. The van der Waals surface area contributed by atoms with Gasteiger partial charge in [-0.25, -0.2) is 19.0 Å². The van der Waals surface area contributed by atoms with E-state index >= 15 is 0 Å². The van der Waals surface area contributed by atoms with Gasteiger partial charge in [-0.3, -0.25) is 0 Å². The molecule has 5 nitrogen and oxygen atoms in total. The van der Waals surface area contributed by atoms with Crippen LogP contribution in [0.4, 0.5) is 10.2 Å². The Morgan fingerprint density at radius 3 is 2.67 bits per heavy atom. The summed E-state index contributed by atoms with van der Waals surface area (Å²) in [7, 11) is 0. The fourth-order valence-electron chi connectivity index (χ4n) is 2.29. The van der Waals surface area contributed by atoms with Crippen molar-refractivity contribution in [2.45, 2.75) is 26.8 Å². The highest BCUT2D eigenvalue weighted by Gasteiger charge is 2.17. The van der Waals surface area contributed by atoms with Crippen molar-refractivity contribution in [2.24, 2.45) is 0 Å². The summed E-state index contributed by atoms with van der Waals surface area (Å²) in [6.45, 7) is 5.93. The van der Waals surface area contributed by atoms with Crippen LogP contribution in [0.2, 0.25) is 0 Å². The molecule has 3 rings (SSSR count). The summed E-state index contributed by atoms with van der Waals surface area (Å²) in [6, 6.07) is 6.75. The molecule has 2 aromatic heterocycles. The number of nitrogens with zero attached hydrogens (tertiary/aromatic N) is 4. The SMILES string of the molecule is Cc1nn(-c2ccccc2F)c2ncnc(NC(C)C)c12. The number of halogens is 1. The molecule has 1 aromatic carbocycles. The molecule has 0 radical (unpaired) electrons. The largest absolute Gasteiger partial charge is 0.367 e. The molecular formula is C15H16FN5. The maximum atomic E-state index is 14.0. The van der Waals surface area contributed by atoms with Gasteiger partial charge in [-0.15, -0.1) is 0 Å². The van der Waals surface area contributed by atoms with Crippen LogP contribution >= 0.6 is 0 Å². The van der Waals surface area contributed by atoms with Gasteiger partial charge in [0.05, 0.1) is 11.1 Å². The van der Waals surface area contributed by atoms with Crippen LogP contribution in [0.3, 0.4) is 0 Å². The van der Waals surface area contributed by atoms with Gasteiger partial charge in [-0.2, -0.15) is 5.10 Å². The van der Waals surface area contributed by atoms with Gasteiger partial charge in [-0.1, -0.05) is 12.1 Å². The molecule has 0 saturated carbocycles. The number of aromatic nitrogens is 4. The molecule has 3 aromatic rings. The van der Waals surface area contributed by atoms with Crippen LogP contribution in [0, 0.1) is 12.7 Å². The van der Waals surface area contributed by atoms with Gasteiger partial charge in [-0.05, 0) is 32.9 Å². The minimum absolute atomic E-state index is 0.235. The van der Waals surface area contributed by atoms with E-state index in [2.05, 4.69) is 20.4 Å². The minimum atomic E-state index is -0.334. The van der Waals surface area contributed by atoms with E-state index in [4.69, 9.17) is 0 Å². The monoisotopic (exact) mass is 285 g/mol. The van der Waals surface area contributed by atoms with Gasteiger partial charge in [0, 0.05) is 6.04 Å². The lowest BCUT2D eigenvalue weighted by molar-refractivity contribution is 0.612. The first-order valence-electron chi connectivity index (χ1n) is 6.79. The Bertz CT molecular complexity index is 794. The van der Waals surface area contributed by atoms with Gasteiger partial charge < -0.3 is 5.32 Å². The Morgan fingerprint density at radius 1 is 1.19 bits per heavy atom. The smallest absolute Gasteiger partial charge is 0.168 e. The lowest BCUT2D eigenvalue weighted by atomic mass is 10.2. The highest BCUT2D eigenvalue weighted by atomic mass is 19.1. The predicted octanol–water partition coefficient (Wildman–Crippen LogP) is 3.08. The third kappa shape index (κ3) is 2.33. The molecule has 0 atom stereocenters. The highest BCUT2D eigenvalue weighted by Crippen LogP contribution is 2.26. The fraction of sp³-hybridized carbons (Fsp3) is 0.267. The van der Waals surface area contributed by atoms with E-state index in [1.165, 1.54) is 17.1 Å². The molecule has 0 aliphatic heterocycles. The first-order chi connectivity index (χ1) is 10.1. The van der Waals surface area contributed by atoms with Crippen LogP contribution in [0.1, 0.15) is 19.5 Å². The Balaban J connectivity index is 2.25. The Morgan fingerprint density at radius 2 is 1.95 bits per heavy atom. The van der Waals surface area contributed by atoms with E-state index in [9.17, 15) is 4.39 Å². The molecule has 6 heteroatoms. The van der Waals surface area contributed by atoms with Crippen molar-refractivity contribution in [2.75, 3.05) is 5.32 Å². The number of aryl methyl sites for hydroxylation is 1. The maximum Gasteiger partial charge on any atom is 0.168 e. The summed E-state index contributed by atoms with van der Waals surface area (Å²) in [5, 5.41) is 8.51. The van der Waals surface area contributed by atoms with Crippen LogP contribution < -0.4 is 5.32 Å². The number of hydrogen-bond acceptors (Lipinski definition) is 4. The van der Waals surface area contributed by atoms with Crippen LogP contribution in [0.25, 0.3) is 16.7 Å². The van der Waals surface area contributed by atoms with Crippen molar-refractivity contribution in [1.82, 2.24) is 19.7 Å². The lowest BCUT2D eigenvalue weighted by Gasteiger charge is -2.10. The van der Waals surface area contributed by atoms with E-state index in [1.807, 2.05) is 20.8 Å². The van der Waals surface area contributed by atoms with Crippen molar-refractivity contribution in [3.05, 3.63) is 42.1 Å². The zero-order valence-electron chi connectivity index (χ0n) is 12.1. The summed E-state index contributed by atoms with van der Waals surface area (Å²) < 4.78 is 15.5. The zero-order valence-corrected chi connectivity index (χ0v) is 12.1. The second kappa shape index (κ2) is 5.12. The molecule has 2 heterocycles. The molecule has 0 saturated heterocycles. The first-order valence-corrected chi connectivity index (χ1v) is 6.79. The van der Waals surface area contributed by atoms with E-state index in [0.717, 1.165) is 16.9 Å². The summed E-state index contributed by atoms with van der Waals surface area (Å²) in [4.78, 5) is 8.54. The third-order valence-corrected chi connectivity index (χ3v) is 3.15. The predicted molar refractivity (Wildman–Crippen MR) is 80.1 cm³/mol. The normalized spacial score (nSPS) is 11.3. The molecule has 0 aliphatic carbocycles. The molecule has 108 valence electrons. The summed E-state index contributed by atoms with van der Waals surface area (Å²) >= 11 is 0. The summed E-state index contributed by atoms with van der Waals surface area (Å²) in [5.74, 6) is 0.383. The average Bonchev–Trinajstić information content (AvgIpc) is 2.77. The Kier molecular flexibility index (Phi) is 3.29. The minimum Gasteiger partial charge on any atom is -0.367 e. The van der Waals surface area contributed by atoms with Crippen molar-refractivity contribution in [3.8, 4) is 5.69 Å². The molecule has 0 amide bonds. The molecule has 1 N–H and O–H groups in total. The molecule has 21 heavy (non-hydrogen) atoms. The van der Waals surface area contributed by atoms with E-state index in [1.54, 1.807) is 18.2 Å². The van der Waals surface area contributed by atoms with Crippen LogP contribution in [0.15, 0.2) is 30.6 Å². The number of fused-ring (bicyclic) bond motifs is 1. The number of para-hydroxylation sites is 1. The van der Waals surface area contributed by atoms with Gasteiger partial charge >= 0.3 is 0 Å². The number of nitrogens with one attached hydrogen (secondary N) is 1. The lowest BCUT2D eigenvalue weighted by Crippen LogP contribution is -2.11. The van der Waals surface area contributed by atoms with Crippen LogP contribution in [0.5, 0.6) is 0 Å². The first kappa shape index (κ1) is 13.5. The topological polar surface area (TPSA) is 55.6 Å². The standard InChI is InChI=1S/C15H16FN5/c1-9(2)19-14-13-10(3)20-21(15(13)18-8-17-14)12-7-5-4-6-11(12)16/h4-9H,1-3H3,(H,17,18,19). The van der Waals surface area contributed by atoms with E-state index in [-0.39, 0.29) is 11.9 Å². The van der Waals surface area contributed by atoms with Gasteiger partial charge in [0.2, 0.25) is 0 Å². The molecule has 0 spiro atoms. The second-order valence-electron chi connectivity index (χ2n) is 5.17. The average molecular weight is 285 g/mol. The number of rotatable bonds is 3. The number of benzene rings is 1. The van der Waals surface area contributed by atoms with E-state index in [0.29, 0.717) is 11.3 Å². The zero-order chi connectivity index (χ0) is 15.0. The van der Waals surface area contributed by atoms with Gasteiger partial charge in [0.1, 0.15) is 23.6 Å².